The third-order valence-corrected chi connectivity index (χ3v) is 4.06. The molecule has 1 aliphatic heterocycles. The van der Waals surface area contributed by atoms with Crippen molar-refractivity contribution in [2.24, 2.45) is 5.73 Å². The van der Waals surface area contributed by atoms with Crippen LogP contribution in [-0.2, 0) is 11.2 Å². The summed E-state index contributed by atoms with van der Waals surface area (Å²) < 4.78 is 5.41. The topological polar surface area (TPSA) is 38.5 Å². The van der Waals surface area contributed by atoms with E-state index in [1.54, 1.807) is 0 Å². The van der Waals surface area contributed by atoms with Crippen molar-refractivity contribution in [3.63, 3.8) is 0 Å². The fourth-order valence-corrected chi connectivity index (χ4v) is 2.72. The molecule has 1 aliphatic carbocycles. The summed E-state index contributed by atoms with van der Waals surface area (Å²) in [5, 5.41) is 0.797. The van der Waals surface area contributed by atoms with Crippen molar-refractivity contribution in [2.75, 3.05) is 31.2 Å². The Morgan fingerprint density at radius 2 is 2.00 bits per heavy atom. The van der Waals surface area contributed by atoms with Gasteiger partial charge < -0.3 is 15.4 Å². The molecule has 0 bridgehead atoms. The molecule has 2 aliphatic rings. The maximum absolute atomic E-state index is 6.24. The number of morpholine rings is 1. The lowest BCUT2D eigenvalue weighted by Crippen LogP contribution is -2.37. The number of hydrogen-bond donors (Lipinski definition) is 1. The van der Waals surface area contributed by atoms with Crippen molar-refractivity contribution in [2.45, 2.75) is 24.8 Å². The first-order chi connectivity index (χ1) is 8.66. The van der Waals surface area contributed by atoms with Gasteiger partial charge in [-0.25, -0.2) is 0 Å². The van der Waals surface area contributed by atoms with Crippen molar-refractivity contribution >= 4 is 17.3 Å². The standard InChI is InChI=1S/C14H19ClN2O/c15-12-1-2-13(17-5-7-18-8-6-17)11(9-12)10-14(16)3-4-14/h1-2,9H,3-8,10,16H2. The highest BCUT2D eigenvalue weighted by molar-refractivity contribution is 6.30. The highest BCUT2D eigenvalue weighted by Gasteiger charge is 2.38. The van der Waals surface area contributed by atoms with E-state index in [1.165, 1.54) is 11.3 Å². The van der Waals surface area contributed by atoms with Crippen LogP contribution in [0.5, 0.6) is 0 Å². The Hall–Kier alpha value is -0.770. The van der Waals surface area contributed by atoms with Crippen molar-refractivity contribution in [1.82, 2.24) is 0 Å². The summed E-state index contributed by atoms with van der Waals surface area (Å²) >= 11 is 6.12. The predicted molar refractivity (Wildman–Crippen MR) is 74.3 cm³/mol. The Morgan fingerprint density at radius 1 is 1.28 bits per heavy atom. The van der Waals surface area contributed by atoms with E-state index in [0.29, 0.717) is 0 Å². The molecule has 1 saturated carbocycles. The molecule has 3 rings (SSSR count). The van der Waals surface area contributed by atoms with Gasteiger partial charge in [0.15, 0.2) is 0 Å². The number of hydrogen-bond acceptors (Lipinski definition) is 3. The molecule has 1 saturated heterocycles. The van der Waals surface area contributed by atoms with Crippen molar-refractivity contribution in [3.05, 3.63) is 28.8 Å². The van der Waals surface area contributed by atoms with Gasteiger partial charge in [0.05, 0.1) is 13.2 Å². The van der Waals surface area contributed by atoms with Gasteiger partial charge in [0.1, 0.15) is 0 Å². The first-order valence-electron chi connectivity index (χ1n) is 6.56. The minimum Gasteiger partial charge on any atom is -0.378 e. The van der Waals surface area contributed by atoms with Gasteiger partial charge in [-0.3, -0.25) is 0 Å². The minimum atomic E-state index is 0.0196. The average molecular weight is 267 g/mol. The van der Waals surface area contributed by atoms with Crippen LogP contribution in [0.15, 0.2) is 18.2 Å². The Morgan fingerprint density at radius 3 is 2.67 bits per heavy atom. The Kier molecular flexibility index (Phi) is 3.22. The zero-order valence-corrected chi connectivity index (χ0v) is 11.2. The van der Waals surface area contributed by atoms with Crippen LogP contribution in [0.25, 0.3) is 0 Å². The van der Waals surface area contributed by atoms with Crippen LogP contribution in [0.1, 0.15) is 18.4 Å². The average Bonchev–Trinajstić information content (AvgIpc) is 3.08. The second-order valence-corrected chi connectivity index (χ2v) is 5.85. The van der Waals surface area contributed by atoms with Gasteiger partial charge in [-0.2, -0.15) is 0 Å². The lowest BCUT2D eigenvalue weighted by molar-refractivity contribution is 0.122. The molecular formula is C14H19ClN2O. The first-order valence-corrected chi connectivity index (χ1v) is 6.94. The monoisotopic (exact) mass is 266 g/mol. The summed E-state index contributed by atoms with van der Waals surface area (Å²) in [4.78, 5) is 2.38. The molecular weight excluding hydrogens is 248 g/mol. The van der Waals surface area contributed by atoms with Gasteiger partial charge in [-0.15, -0.1) is 0 Å². The zero-order valence-electron chi connectivity index (χ0n) is 10.5. The third kappa shape index (κ3) is 2.63. The van der Waals surface area contributed by atoms with E-state index in [9.17, 15) is 0 Å². The molecule has 1 aromatic rings. The molecule has 98 valence electrons. The molecule has 0 atom stereocenters. The molecule has 4 heteroatoms. The van der Waals surface area contributed by atoms with Gasteiger partial charge >= 0.3 is 0 Å². The highest BCUT2D eigenvalue weighted by atomic mass is 35.5. The number of nitrogens with two attached hydrogens (primary N) is 1. The molecule has 0 unspecified atom stereocenters. The Labute approximate surface area is 113 Å². The van der Waals surface area contributed by atoms with Crippen molar-refractivity contribution in [1.29, 1.82) is 0 Å². The second-order valence-electron chi connectivity index (χ2n) is 5.41. The number of rotatable bonds is 3. The summed E-state index contributed by atoms with van der Waals surface area (Å²) in [6, 6.07) is 6.15. The van der Waals surface area contributed by atoms with Crippen molar-refractivity contribution in [3.8, 4) is 0 Å². The van der Waals surface area contributed by atoms with Gasteiger partial charge in [0.2, 0.25) is 0 Å². The molecule has 0 spiro atoms. The number of ether oxygens (including phenoxy) is 1. The van der Waals surface area contributed by atoms with Gasteiger partial charge in [-0.1, -0.05) is 11.6 Å². The van der Waals surface area contributed by atoms with Crippen LogP contribution >= 0.6 is 11.6 Å². The van der Waals surface area contributed by atoms with E-state index in [-0.39, 0.29) is 5.54 Å². The van der Waals surface area contributed by atoms with E-state index in [4.69, 9.17) is 22.1 Å². The highest BCUT2D eigenvalue weighted by Crippen LogP contribution is 2.38. The molecule has 0 amide bonds. The number of nitrogens with zero attached hydrogens (tertiary/aromatic N) is 1. The smallest absolute Gasteiger partial charge is 0.0642 e. The van der Waals surface area contributed by atoms with Crippen molar-refractivity contribution < 1.29 is 4.74 Å². The minimum absolute atomic E-state index is 0.0196. The maximum atomic E-state index is 6.24. The molecule has 2 fully saturated rings. The van der Waals surface area contributed by atoms with Crippen LogP contribution < -0.4 is 10.6 Å². The lowest BCUT2D eigenvalue weighted by Gasteiger charge is -2.31. The van der Waals surface area contributed by atoms with E-state index in [2.05, 4.69) is 17.0 Å². The van der Waals surface area contributed by atoms with Crippen LogP contribution in [0.2, 0.25) is 5.02 Å². The zero-order chi connectivity index (χ0) is 12.6. The number of halogens is 1. The normalized spacial score (nSPS) is 22.0. The molecule has 3 nitrogen and oxygen atoms in total. The van der Waals surface area contributed by atoms with E-state index < -0.39 is 0 Å². The fourth-order valence-electron chi connectivity index (χ4n) is 2.53. The van der Waals surface area contributed by atoms with Crippen LogP contribution in [0, 0.1) is 0 Å². The summed E-state index contributed by atoms with van der Waals surface area (Å²) in [6.07, 6.45) is 3.18. The molecule has 1 heterocycles. The molecule has 2 N–H and O–H groups in total. The molecule has 0 radical (unpaired) electrons. The molecule has 0 aromatic heterocycles. The van der Waals surface area contributed by atoms with E-state index >= 15 is 0 Å². The summed E-state index contributed by atoms with van der Waals surface area (Å²) in [5.41, 5.74) is 8.82. The third-order valence-electron chi connectivity index (χ3n) is 3.83. The quantitative estimate of drug-likeness (QED) is 0.912. The maximum Gasteiger partial charge on any atom is 0.0642 e. The molecule has 1 aromatic carbocycles. The fraction of sp³-hybridized carbons (Fsp3) is 0.571. The van der Waals surface area contributed by atoms with E-state index in [1.807, 2.05) is 6.07 Å². The number of anilines is 1. The van der Waals surface area contributed by atoms with Crippen LogP contribution in [-0.4, -0.2) is 31.8 Å². The van der Waals surface area contributed by atoms with Crippen LogP contribution in [0.4, 0.5) is 5.69 Å². The lowest BCUT2D eigenvalue weighted by atomic mass is 10.0. The second kappa shape index (κ2) is 4.72. The predicted octanol–water partition coefficient (Wildman–Crippen LogP) is 2.21. The van der Waals surface area contributed by atoms with Gasteiger partial charge in [0.25, 0.3) is 0 Å². The Bertz CT molecular complexity index is 439. The summed E-state index contributed by atoms with van der Waals surface area (Å²) in [5.74, 6) is 0. The SMILES string of the molecule is NC1(Cc2cc(Cl)ccc2N2CCOCC2)CC1. The van der Waals surface area contributed by atoms with Gasteiger partial charge in [-0.05, 0) is 43.0 Å². The first kappa shape index (κ1) is 12.3. The van der Waals surface area contributed by atoms with Gasteiger partial charge in [0, 0.05) is 29.3 Å². The molecule has 18 heavy (non-hydrogen) atoms. The summed E-state index contributed by atoms with van der Waals surface area (Å²) in [6.45, 7) is 3.50. The Balaban J connectivity index is 1.86. The number of benzene rings is 1. The van der Waals surface area contributed by atoms with Crippen LogP contribution in [0.3, 0.4) is 0 Å². The van der Waals surface area contributed by atoms with E-state index in [0.717, 1.165) is 50.6 Å². The summed E-state index contributed by atoms with van der Waals surface area (Å²) in [7, 11) is 0. The largest absolute Gasteiger partial charge is 0.378 e.